The molecular formula is C10H16N2O3. The number of carboxylic acid groups (broad SMARTS) is 1. The molecule has 0 unspecified atom stereocenters. The fraction of sp³-hybridized carbons (Fsp3) is 0.600. The second-order valence-electron chi connectivity index (χ2n) is 3.77. The third-order valence-electron chi connectivity index (χ3n) is 2.30. The fourth-order valence-electron chi connectivity index (χ4n) is 0.843. The number of carbonyl (C=O) groups excluding carboxylic acids is 1. The minimum atomic E-state index is -1.25. The molecule has 2 amide bonds. The van der Waals surface area contributed by atoms with Gasteiger partial charge in [0.1, 0.15) is 5.54 Å². The molecule has 5 nitrogen and oxygen atoms in total. The molecule has 0 radical (unpaired) electrons. The number of hydrogen-bond acceptors (Lipinski definition) is 2. The van der Waals surface area contributed by atoms with Gasteiger partial charge in [-0.25, -0.2) is 9.59 Å². The Hall–Kier alpha value is -1.70. The highest BCUT2D eigenvalue weighted by atomic mass is 16.4. The van der Waals surface area contributed by atoms with Gasteiger partial charge in [-0.3, -0.25) is 0 Å². The van der Waals surface area contributed by atoms with Crippen molar-refractivity contribution in [3.63, 3.8) is 0 Å². The van der Waals surface area contributed by atoms with Crippen molar-refractivity contribution in [1.82, 2.24) is 9.80 Å². The van der Waals surface area contributed by atoms with E-state index in [0.29, 0.717) is 0 Å². The molecule has 0 aromatic rings. The highest BCUT2D eigenvalue weighted by Gasteiger charge is 2.36. The summed E-state index contributed by atoms with van der Waals surface area (Å²) in [5.74, 6) is 1.25. The van der Waals surface area contributed by atoms with Gasteiger partial charge in [0, 0.05) is 14.1 Å². The maximum atomic E-state index is 11.7. The molecule has 0 heterocycles. The van der Waals surface area contributed by atoms with E-state index in [-0.39, 0.29) is 6.54 Å². The van der Waals surface area contributed by atoms with Crippen LogP contribution in [-0.2, 0) is 4.79 Å². The zero-order chi connectivity index (χ0) is 12.2. The van der Waals surface area contributed by atoms with E-state index in [4.69, 9.17) is 11.5 Å². The van der Waals surface area contributed by atoms with E-state index >= 15 is 0 Å². The minimum absolute atomic E-state index is 0.152. The van der Waals surface area contributed by atoms with E-state index in [9.17, 15) is 9.59 Å². The van der Waals surface area contributed by atoms with E-state index in [1.165, 1.54) is 32.8 Å². The maximum Gasteiger partial charge on any atom is 0.329 e. The molecule has 15 heavy (non-hydrogen) atoms. The fourth-order valence-corrected chi connectivity index (χ4v) is 0.843. The molecular weight excluding hydrogens is 196 g/mol. The standard InChI is InChI=1S/C10H16N2O3/c1-6-7-11(4)9(15)12(5)10(2,3)8(13)14/h1H,7H2,2-5H3,(H,13,14). The molecule has 0 aliphatic heterocycles. The van der Waals surface area contributed by atoms with Gasteiger partial charge in [0.25, 0.3) is 0 Å². The summed E-state index contributed by atoms with van der Waals surface area (Å²) in [5.41, 5.74) is -1.25. The number of amides is 2. The normalized spacial score (nSPS) is 10.3. The molecule has 0 spiro atoms. The first-order valence-electron chi connectivity index (χ1n) is 4.41. The molecule has 0 aliphatic rings. The van der Waals surface area contributed by atoms with Crippen LogP contribution in [0.3, 0.4) is 0 Å². The van der Waals surface area contributed by atoms with Gasteiger partial charge in [-0.2, -0.15) is 0 Å². The molecule has 0 aliphatic carbocycles. The highest BCUT2D eigenvalue weighted by Crippen LogP contribution is 2.13. The quantitative estimate of drug-likeness (QED) is 0.692. The summed E-state index contributed by atoms with van der Waals surface area (Å²) in [5, 5.41) is 8.92. The Bertz CT molecular complexity index is 304. The predicted molar refractivity (Wildman–Crippen MR) is 56.3 cm³/mol. The minimum Gasteiger partial charge on any atom is -0.480 e. The van der Waals surface area contributed by atoms with Crippen molar-refractivity contribution in [3.05, 3.63) is 0 Å². The summed E-state index contributed by atoms with van der Waals surface area (Å²) >= 11 is 0. The third kappa shape index (κ3) is 2.88. The summed E-state index contributed by atoms with van der Waals surface area (Å²) in [4.78, 5) is 25.0. The zero-order valence-corrected chi connectivity index (χ0v) is 9.44. The number of terminal acetylenes is 1. The van der Waals surface area contributed by atoms with Crippen LogP contribution in [0.5, 0.6) is 0 Å². The lowest BCUT2D eigenvalue weighted by Gasteiger charge is -2.34. The lowest BCUT2D eigenvalue weighted by atomic mass is 10.0. The van der Waals surface area contributed by atoms with Gasteiger partial charge in [-0.15, -0.1) is 6.42 Å². The van der Waals surface area contributed by atoms with Crippen molar-refractivity contribution >= 4 is 12.0 Å². The first-order chi connectivity index (χ1) is 6.75. The SMILES string of the molecule is C#CCN(C)C(=O)N(C)C(C)(C)C(=O)O. The Morgan fingerprint density at radius 2 is 1.87 bits per heavy atom. The second-order valence-corrected chi connectivity index (χ2v) is 3.77. The number of nitrogens with zero attached hydrogens (tertiary/aromatic N) is 2. The largest absolute Gasteiger partial charge is 0.480 e. The lowest BCUT2D eigenvalue weighted by molar-refractivity contribution is -0.147. The summed E-state index contributed by atoms with van der Waals surface area (Å²) in [6.07, 6.45) is 5.06. The number of carbonyl (C=O) groups is 2. The average molecular weight is 212 g/mol. The van der Waals surface area contributed by atoms with E-state index in [2.05, 4.69) is 5.92 Å². The van der Waals surface area contributed by atoms with Crippen LogP contribution in [0.25, 0.3) is 0 Å². The van der Waals surface area contributed by atoms with Gasteiger partial charge in [-0.1, -0.05) is 5.92 Å². The monoisotopic (exact) mass is 212 g/mol. The zero-order valence-electron chi connectivity index (χ0n) is 9.44. The van der Waals surface area contributed by atoms with Crippen LogP contribution in [0.1, 0.15) is 13.8 Å². The Balaban J connectivity index is 4.73. The van der Waals surface area contributed by atoms with Crippen molar-refractivity contribution in [2.75, 3.05) is 20.6 Å². The van der Waals surface area contributed by atoms with Crippen molar-refractivity contribution in [2.45, 2.75) is 19.4 Å². The molecule has 0 rings (SSSR count). The molecule has 0 bridgehead atoms. The van der Waals surface area contributed by atoms with Crippen LogP contribution in [0.4, 0.5) is 4.79 Å². The van der Waals surface area contributed by atoms with E-state index in [1.807, 2.05) is 0 Å². The Morgan fingerprint density at radius 3 is 2.20 bits per heavy atom. The van der Waals surface area contributed by atoms with E-state index in [1.54, 1.807) is 0 Å². The third-order valence-corrected chi connectivity index (χ3v) is 2.30. The maximum absolute atomic E-state index is 11.7. The molecule has 0 saturated heterocycles. The van der Waals surface area contributed by atoms with Crippen LogP contribution in [0.2, 0.25) is 0 Å². The Kier molecular flexibility index (Phi) is 4.16. The molecule has 5 heteroatoms. The topological polar surface area (TPSA) is 60.9 Å². The van der Waals surface area contributed by atoms with Crippen LogP contribution in [0.15, 0.2) is 0 Å². The van der Waals surface area contributed by atoms with Crippen LogP contribution >= 0.6 is 0 Å². The van der Waals surface area contributed by atoms with Crippen LogP contribution in [0, 0.1) is 12.3 Å². The summed E-state index contributed by atoms with van der Waals surface area (Å²) in [6, 6.07) is -0.416. The van der Waals surface area contributed by atoms with Gasteiger partial charge in [0.05, 0.1) is 6.54 Å². The first kappa shape index (κ1) is 13.3. The Labute approximate surface area is 89.7 Å². The number of hydrogen-bond donors (Lipinski definition) is 1. The number of aliphatic carboxylic acids is 1. The molecule has 84 valence electrons. The van der Waals surface area contributed by atoms with Crippen molar-refractivity contribution in [2.24, 2.45) is 0 Å². The smallest absolute Gasteiger partial charge is 0.329 e. The predicted octanol–water partition coefficient (Wildman–Crippen LogP) is 0.466. The van der Waals surface area contributed by atoms with Crippen molar-refractivity contribution < 1.29 is 14.7 Å². The van der Waals surface area contributed by atoms with Gasteiger partial charge in [0.2, 0.25) is 0 Å². The van der Waals surface area contributed by atoms with Gasteiger partial charge >= 0.3 is 12.0 Å². The summed E-state index contributed by atoms with van der Waals surface area (Å²) < 4.78 is 0. The molecule has 0 atom stereocenters. The first-order valence-corrected chi connectivity index (χ1v) is 4.41. The van der Waals surface area contributed by atoms with Crippen molar-refractivity contribution in [1.29, 1.82) is 0 Å². The number of rotatable bonds is 3. The van der Waals surface area contributed by atoms with E-state index < -0.39 is 17.5 Å². The highest BCUT2D eigenvalue weighted by molar-refractivity contribution is 5.85. The molecule has 0 saturated carbocycles. The average Bonchev–Trinajstić information content (AvgIpc) is 2.15. The second kappa shape index (κ2) is 4.69. The lowest BCUT2D eigenvalue weighted by Crippen LogP contribution is -2.54. The number of carboxylic acids is 1. The molecule has 1 N–H and O–H groups in total. The molecule has 0 fully saturated rings. The molecule has 0 aromatic heterocycles. The van der Waals surface area contributed by atoms with E-state index in [0.717, 1.165) is 4.90 Å². The van der Waals surface area contributed by atoms with Gasteiger partial charge in [0.15, 0.2) is 0 Å². The van der Waals surface area contributed by atoms with Gasteiger partial charge < -0.3 is 14.9 Å². The van der Waals surface area contributed by atoms with Crippen molar-refractivity contribution in [3.8, 4) is 12.3 Å². The molecule has 0 aromatic carbocycles. The number of likely N-dealkylation sites (N-methyl/N-ethyl adjacent to an activating group) is 1. The number of urea groups is 1. The van der Waals surface area contributed by atoms with Crippen LogP contribution in [-0.4, -0.2) is 53.1 Å². The van der Waals surface area contributed by atoms with Crippen LogP contribution < -0.4 is 0 Å². The summed E-state index contributed by atoms with van der Waals surface area (Å²) in [7, 11) is 2.96. The Morgan fingerprint density at radius 1 is 1.40 bits per heavy atom. The summed E-state index contributed by atoms with van der Waals surface area (Å²) in [6.45, 7) is 3.06. The van der Waals surface area contributed by atoms with Gasteiger partial charge in [-0.05, 0) is 13.8 Å².